The van der Waals surface area contributed by atoms with E-state index in [1.54, 1.807) is 0 Å². The molecule has 0 aliphatic carbocycles. The van der Waals surface area contributed by atoms with Gasteiger partial charge in [-0.1, -0.05) is 32.4 Å². The first kappa shape index (κ1) is 10.5. The maximum Gasteiger partial charge on any atom is 0.196 e. The van der Waals surface area contributed by atoms with Gasteiger partial charge in [0, 0.05) is 16.5 Å². The second-order valence-corrected chi connectivity index (χ2v) is 5.55. The van der Waals surface area contributed by atoms with Gasteiger partial charge in [-0.05, 0) is 0 Å². The molecule has 0 N–H and O–H groups in total. The van der Waals surface area contributed by atoms with Crippen LogP contribution in [0.4, 0.5) is 0 Å². The van der Waals surface area contributed by atoms with Crippen LogP contribution in [0.25, 0.3) is 4.96 Å². The van der Waals surface area contributed by atoms with Crippen LogP contribution in [0, 0.1) is 11.3 Å². The molecular formula is C10H10ClN3S. The zero-order valence-electron chi connectivity index (χ0n) is 8.71. The molecule has 0 unspecified atom stereocenters. The zero-order valence-corrected chi connectivity index (χ0v) is 10.3. The zero-order chi connectivity index (χ0) is 11.2. The fourth-order valence-electron chi connectivity index (χ4n) is 1.45. The Hall–Kier alpha value is -1.05. The molecule has 0 spiro atoms. The number of imidazole rings is 1. The van der Waals surface area contributed by atoms with Gasteiger partial charge < -0.3 is 0 Å². The van der Waals surface area contributed by atoms with E-state index >= 15 is 0 Å². The monoisotopic (exact) mass is 239 g/mol. The highest BCUT2D eigenvalue weighted by atomic mass is 35.5. The molecule has 0 saturated carbocycles. The maximum absolute atomic E-state index is 9.02. The molecule has 5 heteroatoms. The number of thiazole rings is 1. The summed E-state index contributed by atoms with van der Waals surface area (Å²) >= 11 is 7.39. The van der Waals surface area contributed by atoms with E-state index in [1.165, 1.54) is 11.3 Å². The van der Waals surface area contributed by atoms with Gasteiger partial charge in [0.1, 0.15) is 6.07 Å². The summed E-state index contributed by atoms with van der Waals surface area (Å²) in [4.78, 5) is 4.92. The molecule has 0 aliphatic rings. The normalized spacial score (nSPS) is 11.9. The Kier molecular flexibility index (Phi) is 2.25. The van der Waals surface area contributed by atoms with E-state index in [0.717, 1.165) is 10.7 Å². The Bertz CT molecular complexity index is 553. The topological polar surface area (TPSA) is 41.1 Å². The lowest BCUT2D eigenvalue weighted by molar-refractivity contribution is 0.564. The van der Waals surface area contributed by atoms with E-state index in [0.29, 0.717) is 5.69 Å². The first-order valence-corrected chi connectivity index (χ1v) is 5.77. The van der Waals surface area contributed by atoms with Crippen molar-refractivity contribution in [2.45, 2.75) is 26.2 Å². The van der Waals surface area contributed by atoms with E-state index in [-0.39, 0.29) is 10.6 Å². The lowest BCUT2D eigenvalue weighted by atomic mass is 9.93. The summed E-state index contributed by atoms with van der Waals surface area (Å²) in [6, 6.07) is 2.09. The number of rotatable bonds is 0. The van der Waals surface area contributed by atoms with Gasteiger partial charge in [0.2, 0.25) is 0 Å². The van der Waals surface area contributed by atoms with Gasteiger partial charge in [0.05, 0.1) is 0 Å². The van der Waals surface area contributed by atoms with E-state index in [2.05, 4.69) is 31.8 Å². The molecule has 15 heavy (non-hydrogen) atoms. The average molecular weight is 240 g/mol. The molecule has 2 heterocycles. The summed E-state index contributed by atoms with van der Waals surface area (Å²) in [5, 5.41) is 11.3. The first-order valence-electron chi connectivity index (χ1n) is 4.51. The minimum atomic E-state index is -0.0200. The van der Waals surface area contributed by atoms with Crippen LogP contribution in [-0.2, 0) is 5.41 Å². The van der Waals surface area contributed by atoms with Crippen LogP contribution >= 0.6 is 22.9 Å². The van der Waals surface area contributed by atoms with Gasteiger partial charge in [-0.25, -0.2) is 4.98 Å². The van der Waals surface area contributed by atoms with Crippen LogP contribution in [0.15, 0.2) is 5.38 Å². The van der Waals surface area contributed by atoms with Crippen molar-refractivity contribution in [2.75, 3.05) is 0 Å². The van der Waals surface area contributed by atoms with Gasteiger partial charge in [0.15, 0.2) is 15.8 Å². The molecule has 0 aromatic carbocycles. The molecule has 0 amide bonds. The molecule has 2 aromatic rings. The number of nitriles is 1. The van der Waals surface area contributed by atoms with Crippen molar-refractivity contribution in [3.63, 3.8) is 0 Å². The highest BCUT2D eigenvalue weighted by Crippen LogP contribution is 2.30. The predicted octanol–water partition coefficient (Wildman–Crippen LogP) is 3.22. The Labute approximate surface area is 96.9 Å². The van der Waals surface area contributed by atoms with E-state index in [1.807, 2.05) is 9.78 Å². The standard InChI is InChI=1S/C10H10ClN3S/c1-10(2,3)7-5-15-9-13-8(11)6(4-12)14(7)9/h5H,1-3H3. The Morgan fingerprint density at radius 1 is 1.53 bits per heavy atom. The van der Waals surface area contributed by atoms with Gasteiger partial charge in [-0.3, -0.25) is 4.40 Å². The van der Waals surface area contributed by atoms with Crippen molar-refractivity contribution in [2.24, 2.45) is 0 Å². The van der Waals surface area contributed by atoms with Gasteiger partial charge >= 0.3 is 0 Å². The molecule has 3 nitrogen and oxygen atoms in total. The minimum Gasteiger partial charge on any atom is -0.277 e. The van der Waals surface area contributed by atoms with Crippen molar-refractivity contribution in [3.8, 4) is 6.07 Å². The minimum absolute atomic E-state index is 0.0200. The molecule has 0 aliphatic heterocycles. The van der Waals surface area contributed by atoms with Gasteiger partial charge in [0.25, 0.3) is 0 Å². The summed E-state index contributed by atoms with van der Waals surface area (Å²) in [6.07, 6.45) is 0. The summed E-state index contributed by atoms with van der Waals surface area (Å²) < 4.78 is 1.84. The van der Waals surface area contributed by atoms with Crippen molar-refractivity contribution in [1.29, 1.82) is 5.26 Å². The lowest BCUT2D eigenvalue weighted by Gasteiger charge is -2.17. The van der Waals surface area contributed by atoms with E-state index in [4.69, 9.17) is 16.9 Å². The Morgan fingerprint density at radius 3 is 2.73 bits per heavy atom. The number of fused-ring (bicyclic) bond motifs is 1. The predicted molar refractivity (Wildman–Crippen MR) is 61.5 cm³/mol. The van der Waals surface area contributed by atoms with E-state index < -0.39 is 0 Å². The fraction of sp³-hybridized carbons (Fsp3) is 0.400. The van der Waals surface area contributed by atoms with Crippen LogP contribution in [0.3, 0.4) is 0 Å². The molecule has 0 atom stereocenters. The largest absolute Gasteiger partial charge is 0.277 e. The summed E-state index contributed by atoms with van der Waals surface area (Å²) in [5.74, 6) is 0. The number of hydrogen-bond acceptors (Lipinski definition) is 3. The first-order chi connectivity index (χ1) is 6.95. The molecule has 78 valence electrons. The second kappa shape index (κ2) is 3.22. The van der Waals surface area contributed by atoms with Crippen molar-refractivity contribution in [3.05, 3.63) is 21.9 Å². The SMILES string of the molecule is CC(C)(C)c1csc2nc(Cl)c(C#N)n12. The number of aromatic nitrogens is 2. The van der Waals surface area contributed by atoms with Crippen LogP contribution < -0.4 is 0 Å². The highest BCUT2D eigenvalue weighted by molar-refractivity contribution is 7.15. The van der Waals surface area contributed by atoms with E-state index in [9.17, 15) is 0 Å². The molecule has 0 radical (unpaired) electrons. The van der Waals surface area contributed by atoms with Crippen molar-refractivity contribution >= 4 is 27.9 Å². The second-order valence-electron chi connectivity index (χ2n) is 4.35. The van der Waals surface area contributed by atoms with Crippen molar-refractivity contribution in [1.82, 2.24) is 9.38 Å². The summed E-state index contributed by atoms with van der Waals surface area (Å²) in [5.41, 5.74) is 1.48. The fourth-order valence-corrected chi connectivity index (χ4v) is 2.82. The molecule has 2 rings (SSSR count). The van der Waals surface area contributed by atoms with Gasteiger partial charge in [-0.2, -0.15) is 5.26 Å². The third-order valence-corrected chi connectivity index (χ3v) is 3.28. The van der Waals surface area contributed by atoms with Gasteiger partial charge in [-0.15, -0.1) is 11.3 Å². The molecule has 0 saturated heterocycles. The number of hydrogen-bond donors (Lipinski definition) is 0. The molecule has 0 fully saturated rings. The van der Waals surface area contributed by atoms with Crippen LogP contribution in [0.2, 0.25) is 5.15 Å². The molecular weight excluding hydrogens is 230 g/mol. The highest BCUT2D eigenvalue weighted by Gasteiger charge is 2.23. The van der Waals surface area contributed by atoms with Crippen LogP contribution in [-0.4, -0.2) is 9.38 Å². The number of halogens is 1. The quantitative estimate of drug-likeness (QED) is 0.708. The number of nitrogens with zero attached hydrogens (tertiary/aromatic N) is 3. The smallest absolute Gasteiger partial charge is 0.196 e. The van der Waals surface area contributed by atoms with Crippen LogP contribution in [0.1, 0.15) is 32.2 Å². The lowest BCUT2D eigenvalue weighted by Crippen LogP contribution is -2.14. The Balaban J connectivity index is 2.84. The summed E-state index contributed by atoms with van der Waals surface area (Å²) in [6.45, 7) is 6.30. The summed E-state index contributed by atoms with van der Waals surface area (Å²) in [7, 11) is 0. The third-order valence-electron chi connectivity index (χ3n) is 2.20. The Morgan fingerprint density at radius 2 is 2.20 bits per heavy atom. The third kappa shape index (κ3) is 1.52. The molecule has 0 bridgehead atoms. The van der Waals surface area contributed by atoms with Crippen LogP contribution in [0.5, 0.6) is 0 Å². The maximum atomic E-state index is 9.02. The molecule has 2 aromatic heterocycles. The van der Waals surface area contributed by atoms with Crippen molar-refractivity contribution < 1.29 is 0 Å². The average Bonchev–Trinajstić information content (AvgIpc) is 2.59.